The zero-order chi connectivity index (χ0) is 23.0. The fourth-order valence-corrected chi connectivity index (χ4v) is 2.95. The topological polar surface area (TPSA) is 94.9 Å². The lowest BCUT2D eigenvalue weighted by Crippen LogP contribution is -2.18. The van der Waals surface area contributed by atoms with Crippen molar-refractivity contribution in [3.8, 4) is 23.3 Å². The third kappa shape index (κ3) is 6.34. The number of hydrogen-bond donors (Lipinski definition) is 0. The first-order valence-corrected chi connectivity index (χ1v) is 9.61. The minimum Gasteiger partial charge on any atom is -0.493 e. The summed E-state index contributed by atoms with van der Waals surface area (Å²) in [5, 5.41) is 9.07. The second-order valence-electron chi connectivity index (χ2n) is 7.01. The lowest BCUT2D eigenvalue weighted by atomic mass is 9.98. The van der Waals surface area contributed by atoms with Gasteiger partial charge in [-0.25, -0.2) is 9.59 Å². The number of carbonyl (C=O) groups excluding carboxylic acids is 2. The summed E-state index contributed by atoms with van der Waals surface area (Å²) in [5.41, 5.74) is 2.66. The normalized spacial score (nSPS) is 10.9. The first kappa shape index (κ1) is 23.5. The van der Waals surface area contributed by atoms with Gasteiger partial charge in [0.1, 0.15) is 17.4 Å². The molecule has 0 aromatic heterocycles. The molecule has 0 saturated carbocycles. The fourth-order valence-electron chi connectivity index (χ4n) is 2.95. The molecule has 7 nitrogen and oxygen atoms in total. The van der Waals surface area contributed by atoms with E-state index in [4.69, 9.17) is 19.5 Å². The van der Waals surface area contributed by atoms with Gasteiger partial charge in [-0.2, -0.15) is 5.26 Å². The minimum atomic E-state index is -0.745. The molecule has 2 aromatic rings. The van der Waals surface area contributed by atoms with E-state index in [1.54, 1.807) is 12.1 Å². The summed E-state index contributed by atoms with van der Waals surface area (Å²) in [5.74, 6) is 0.0992. The van der Waals surface area contributed by atoms with Crippen LogP contribution in [-0.4, -0.2) is 32.8 Å². The van der Waals surface area contributed by atoms with Crippen molar-refractivity contribution in [2.24, 2.45) is 0 Å². The molecule has 0 aliphatic rings. The molecule has 0 saturated heterocycles. The summed E-state index contributed by atoms with van der Waals surface area (Å²) in [4.78, 5) is 23.8. The van der Waals surface area contributed by atoms with E-state index in [0.29, 0.717) is 17.2 Å². The van der Waals surface area contributed by atoms with Gasteiger partial charge in [0.2, 0.25) is 0 Å². The molecule has 2 aromatic carbocycles. The van der Waals surface area contributed by atoms with Crippen LogP contribution in [0.3, 0.4) is 0 Å². The van der Waals surface area contributed by atoms with E-state index in [2.05, 4.69) is 18.6 Å². The molecule has 0 N–H and O–H groups in total. The lowest BCUT2D eigenvalue weighted by molar-refractivity contribution is -0.137. The number of nitriles is 1. The van der Waals surface area contributed by atoms with Crippen LogP contribution in [0.1, 0.15) is 36.5 Å². The second-order valence-corrected chi connectivity index (χ2v) is 7.01. The first-order chi connectivity index (χ1) is 14.8. The molecule has 0 unspecified atom stereocenters. The molecule has 0 amide bonds. The van der Waals surface area contributed by atoms with E-state index in [1.807, 2.05) is 25.1 Å². The van der Waals surface area contributed by atoms with Crippen molar-refractivity contribution in [1.29, 1.82) is 5.26 Å². The number of rotatable bonds is 8. The van der Waals surface area contributed by atoms with E-state index < -0.39 is 11.9 Å². The Labute approximate surface area is 181 Å². The van der Waals surface area contributed by atoms with Crippen LogP contribution in [0.2, 0.25) is 0 Å². The van der Waals surface area contributed by atoms with Crippen LogP contribution in [-0.2, 0) is 14.3 Å². The van der Waals surface area contributed by atoms with Gasteiger partial charge in [0, 0.05) is 0 Å². The highest BCUT2D eigenvalue weighted by molar-refractivity contribution is 5.97. The lowest BCUT2D eigenvalue weighted by Gasteiger charge is -2.13. The van der Waals surface area contributed by atoms with Crippen LogP contribution in [0.5, 0.6) is 17.2 Å². The van der Waals surface area contributed by atoms with Gasteiger partial charge in [-0.3, -0.25) is 0 Å². The molecule has 0 fully saturated rings. The summed E-state index contributed by atoms with van der Waals surface area (Å²) in [6, 6.07) is 12.1. The van der Waals surface area contributed by atoms with Crippen molar-refractivity contribution in [3.05, 3.63) is 58.7 Å². The van der Waals surface area contributed by atoms with Crippen molar-refractivity contribution in [1.82, 2.24) is 0 Å². The third-order valence-electron chi connectivity index (χ3n) is 4.47. The maximum atomic E-state index is 12.2. The van der Waals surface area contributed by atoms with Crippen LogP contribution in [0.25, 0.3) is 6.08 Å². The van der Waals surface area contributed by atoms with E-state index >= 15 is 0 Å². The number of ether oxygens (including phenoxy) is 4. The summed E-state index contributed by atoms with van der Waals surface area (Å²) in [6.45, 7) is 5.96. The minimum absolute atomic E-state index is 0.165. The van der Waals surface area contributed by atoms with E-state index in [1.165, 1.54) is 38.0 Å². The van der Waals surface area contributed by atoms with E-state index in [0.717, 1.165) is 5.56 Å². The molecule has 31 heavy (non-hydrogen) atoms. The fraction of sp³-hybridized carbons (Fsp3) is 0.292. The Balaban J connectivity index is 2.08. The van der Waals surface area contributed by atoms with Crippen molar-refractivity contribution >= 4 is 18.0 Å². The molecule has 7 heteroatoms. The Kier molecular flexibility index (Phi) is 8.21. The molecule has 162 valence electrons. The van der Waals surface area contributed by atoms with Crippen LogP contribution >= 0.6 is 0 Å². The monoisotopic (exact) mass is 423 g/mol. The maximum absolute atomic E-state index is 12.2. The quantitative estimate of drug-likeness (QED) is 0.272. The molecule has 0 aliphatic heterocycles. The second kappa shape index (κ2) is 10.8. The Morgan fingerprint density at radius 1 is 1.10 bits per heavy atom. The van der Waals surface area contributed by atoms with Gasteiger partial charge >= 0.3 is 11.9 Å². The van der Waals surface area contributed by atoms with Crippen LogP contribution in [0, 0.1) is 18.3 Å². The van der Waals surface area contributed by atoms with Crippen molar-refractivity contribution in [2.45, 2.75) is 26.7 Å². The highest BCUT2D eigenvalue weighted by atomic mass is 16.6. The molecule has 0 radical (unpaired) electrons. The van der Waals surface area contributed by atoms with Gasteiger partial charge in [-0.1, -0.05) is 26.0 Å². The number of hydrogen-bond acceptors (Lipinski definition) is 7. The Morgan fingerprint density at radius 3 is 2.42 bits per heavy atom. The van der Waals surface area contributed by atoms with Gasteiger partial charge in [-0.15, -0.1) is 0 Å². The Morgan fingerprint density at radius 2 is 1.84 bits per heavy atom. The molecule has 0 heterocycles. The third-order valence-corrected chi connectivity index (χ3v) is 4.47. The predicted octanol–water partition coefficient (Wildman–Crippen LogP) is 4.19. The van der Waals surface area contributed by atoms with Crippen molar-refractivity contribution in [3.63, 3.8) is 0 Å². The summed E-state index contributed by atoms with van der Waals surface area (Å²) in [6.07, 6.45) is 1.35. The standard InChI is InChI=1S/C24H25NO6/c1-15(2)20-8-7-19(10-16(20)3)30-14-23(26)31-21-9-6-17(12-22(21)28-4)11-18(13-25)24(27)29-5/h6-12,15H,14H2,1-5H3/b18-11+. The largest absolute Gasteiger partial charge is 0.493 e. The van der Waals surface area contributed by atoms with E-state index in [9.17, 15) is 9.59 Å². The number of aryl methyl sites for hydroxylation is 1. The maximum Gasteiger partial charge on any atom is 0.349 e. The molecule has 0 bridgehead atoms. The molecular formula is C24H25NO6. The SMILES string of the molecule is COC(=O)/C(C#N)=C/c1ccc(OC(=O)COc2ccc(C(C)C)c(C)c2)c(OC)c1. The first-order valence-electron chi connectivity index (χ1n) is 9.61. The van der Waals surface area contributed by atoms with Gasteiger partial charge in [-0.05, 0) is 59.9 Å². The summed E-state index contributed by atoms with van der Waals surface area (Å²) >= 11 is 0. The Bertz CT molecular complexity index is 1030. The van der Waals surface area contributed by atoms with Crippen molar-refractivity contribution < 1.29 is 28.5 Å². The smallest absolute Gasteiger partial charge is 0.349 e. The number of benzene rings is 2. The zero-order valence-electron chi connectivity index (χ0n) is 18.2. The average molecular weight is 423 g/mol. The zero-order valence-corrected chi connectivity index (χ0v) is 18.2. The van der Waals surface area contributed by atoms with Crippen LogP contribution in [0.15, 0.2) is 42.0 Å². The van der Waals surface area contributed by atoms with Gasteiger partial charge in [0.25, 0.3) is 0 Å². The number of methoxy groups -OCH3 is 2. The predicted molar refractivity (Wildman–Crippen MR) is 115 cm³/mol. The van der Waals surface area contributed by atoms with Gasteiger partial charge < -0.3 is 18.9 Å². The number of carbonyl (C=O) groups is 2. The van der Waals surface area contributed by atoms with Crippen LogP contribution < -0.4 is 14.2 Å². The Hall–Kier alpha value is -3.79. The molecule has 2 rings (SSSR count). The summed E-state index contributed by atoms with van der Waals surface area (Å²) < 4.78 is 20.7. The van der Waals surface area contributed by atoms with Gasteiger partial charge in [0.15, 0.2) is 18.1 Å². The molecule has 0 atom stereocenters. The van der Waals surface area contributed by atoms with Gasteiger partial charge in [0.05, 0.1) is 14.2 Å². The molecule has 0 spiro atoms. The number of esters is 2. The number of nitrogens with zero attached hydrogens (tertiary/aromatic N) is 1. The summed E-state index contributed by atoms with van der Waals surface area (Å²) in [7, 11) is 2.61. The highest BCUT2D eigenvalue weighted by Crippen LogP contribution is 2.29. The van der Waals surface area contributed by atoms with Crippen LogP contribution in [0.4, 0.5) is 0 Å². The molecular weight excluding hydrogens is 398 g/mol. The molecule has 0 aliphatic carbocycles. The van der Waals surface area contributed by atoms with E-state index in [-0.39, 0.29) is 23.7 Å². The highest BCUT2D eigenvalue weighted by Gasteiger charge is 2.14. The van der Waals surface area contributed by atoms with Crippen molar-refractivity contribution in [2.75, 3.05) is 20.8 Å². The average Bonchev–Trinajstić information content (AvgIpc) is 2.76.